The van der Waals surface area contributed by atoms with Gasteiger partial charge in [0.15, 0.2) is 0 Å². The molecule has 1 unspecified atom stereocenters. The third-order valence-corrected chi connectivity index (χ3v) is 2.35. The largest absolute Gasteiger partial charge is 0.472 e. The molecule has 3 N–H and O–H groups in total. The fraction of sp³-hybridized carbons (Fsp3) is 0.857. The van der Waals surface area contributed by atoms with Gasteiger partial charge in [0.1, 0.15) is 19.8 Å². The molecule has 0 radical (unpaired) electrons. The molecule has 90 valence electrons. The number of amides is 1. The summed E-state index contributed by atoms with van der Waals surface area (Å²) in [5.74, 6) is -0.820. The van der Waals surface area contributed by atoms with Crippen molar-refractivity contribution >= 4 is 13.7 Å². The van der Waals surface area contributed by atoms with Gasteiger partial charge in [0.2, 0.25) is 5.91 Å². The molecular weight excluding hydrogens is 223 g/mol. The van der Waals surface area contributed by atoms with E-state index in [1.165, 1.54) is 0 Å². The first-order valence-corrected chi connectivity index (χ1v) is 5.82. The fourth-order valence-corrected chi connectivity index (χ4v) is 1.29. The Bertz CT molecular complexity index is 263. The maximum Gasteiger partial charge on any atom is 0.472 e. The van der Waals surface area contributed by atoms with Crippen LogP contribution in [0, 0.1) is 0 Å². The Kier molecular flexibility index (Phi) is 5.41. The van der Waals surface area contributed by atoms with E-state index in [0.717, 1.165) is 0 Å². The van der Waals surface area contributed by atoms with Crippen molar-refractivity contribution in [2.24, 2.45) is 5.73 Å². The predicted octanol–water partition coefficient (Wildman–Crippen LogP) is -0.688. The monoisotopic (exact) mass is 241 g/mol. The van der Waals surface area contributed by atoms with Crippen molar-refractivity contribution in [2.45, 2.75) is 0 Å². The van der Waals surface area contributed by atoms with Crippen LogP contribution in [0.25, 0.3) is 0 Å². The van der Waals surface area contributed by atoms with Gasteiger partial charge in [0.25, 0.3) is 0 Å². The Morgan fingerprint density at radius 1 is 1.40 bits per heavy atom. The van der Waals surface area contributed by atoms with Gasteiger partial charge in [-0.3, -0.25) is 13.8 Å². The Labute approximate surface area is 89.0 Å². The molecule has 0 aromatic heterocycles. The number of phosphoric acid groups is 1. The molecule has 0 heterocycles. The average Bonchev–Trinajstić information content (AvgIpc) is 1.98. The second-order valence-electron chi connectivity index (χ2n) is 4.06. The van der Waals surface area contributed by atoms with E-state index < -0.39 is 20.3 Å². The number of likely N-dealkylation sites (N-methyl/N-ethyl adjacent to an activating group) is 1. The quantitative estimate of drug-likeness (QED) is 0.454. The minimum atomic E-state index is -4.14. The summed E-state index contributed by atoms with van der Waals surface area (Å²) in [6.07, 6.45) is 0. The number of carbonyl (C=O) groups excluding carboxylic acids is 1. The standard InChI is InChI=1S/C7H17N2O5P/c1-9(2,3)4-5-13-15(11,12)14-6-7(8)10/h4-6H2,1-3H3,(H2-,8,10,11,12)/p+1. The molecule has 0 aliphatic carbocycles. The van der Waals surface area contributed by atoms with E-state index in [-0.39, 0.29) is 6.61 Å². The molecule has 0 aromatic rings. The van der Waals surface area contributed by atoms with Crippen LogP contribution >= 0.6 is 7.82 Å². The van der Waals surface area contributed by atoms with Gasteiger partial charge in [-0.2, -0.15) is 0 Å². The van der Waals surface area contributed by atoms with E-state index in [1.807, 2.05) is 21.1 Å². The third kappa shape index (κ3) is 9.84. The minimum absolute atomic E-state index is 0.0655. The molecular formula is C7H18N2O5P+. The fourth-order valence-electron chi connectivity index (χ4n) is 0.613. The molecule has 0 fully saturated rings. The molecule has 0 aliphatic heterocycles. The molecule has 7 nitrogen and oxygen atoms in total. The summed E-state index contributed by atoms with van der Waals surface area (Å²) >= 11 is 0. The van der Waals surface area contributed by atoms with Gasteiger partial charge in [-0.05, 0) is 0 Å². The van der Waals surface area contributed by atoms with Crippen LogP contribution in [-0.2, 0) is 18.4 Å². The Balaban J connectivity index is 3.84. The molecule has 0 saturated carbocycles. The van der Waals surface area contributed by atoms with E-state index in [1.54, 1.807) is 0 Å². The first-order chi connectivity index (χ1) is 6.62. The lowest BCUT2D eigenvalue weighted by molar-refractivity contribution is -0.870. The third-order valence-electron chi connectivity index (χ3n) is 1.39. The van der Waals surface area contributed by atoms with Gasteiger partial charge in [-0.25, -0.2) is 4.57 Å². The summed E-state index contributed by atoms with van der Waals surface area (Å²) in [5, 5.41) is 0. The first kappa shape index (κ1) is 14.5. The maximum absolute atomic E-state index is 11.1. The molecule has 0 saturated heterocycles. The van der Waals surface area contributed by atoms with Crippen LogP contribution < -0.4 is 5.73 Å². The van der Waals surface area contributed by atoms with E-state index in [0.29, 0.717) is 11.0 Å². The second kappa shape index (κ2) is 5.58. The smallest absolute Gasteiger partial charge is 0.368 e. The molecule has 8 heteroatoms. The zero-order valence-corrected chi connectivity index (χ0v) is 10.1. The number of primary amides is 1. The highest BCUT2D eigenvalue weighted by Gasteiger charge is 2.23. The molecule has 0 spiro atoms. The van der Waals surface area contributed by atoms with Crippen molar-refractivity contribution in [3.05, 3.63) is 0 Å². The van der Waals surface area contributed by atoms with Crippen molar-refractivity contribution in [3.63, 3.8) is 0 Å². The highest BCUT2D eigenvalue weighted by Crippen LogP contribution is 2.42. The summed E-state index contributed by atoms with van der Waals surface area (Å²) in [5.41, 5.74) is 4.74. The molecule has 0 aliphatic rings. The van der Waals surface area contributed by atoms with Crippen LogP contribution in [0.3, 0.4) is 0 Å². The topological polar surface area (TPSA) is 98.8 Å². The van der Waals surface area contributed by atoms with Crippen molar-refractivity contribution in [2.75, 3.05) is 40.9 Å². The lowest BCUT2D eigenvalue weighted by Gasteiger charge is -2.23. The molecule has 1 amide bonds. The van der Waals surface area contributed by atoms with Crippen molar-refractivity contribution < 1.29 is 27.8 Å². The second-order valence-corrected chi connectivity index (χ2v) is 5.51. The highest BCUT2D eigenvalue weighted by molar-refractivity contribution is 7.47. The van der Waals surface area contributed by atoms with Crippen LogP contribution in [0.4, 0.5) is 0 Å². The Morgan fingerprint density at radius 3 is 2.33 bits per heavy atom. The zero-order chi connectivity index (χ0) is 12.1. The first-order valence-electron chi connectivity index (χ1n) is 4.33. The Morgan fingerprint density at radius 2 is 1.93 bits per heavy atom. The number of hydrogen-bond acceptors (Lipinski definition) is 4. The molecule has 15 heavy (non-hydrogen) atoms. The van der Waals surface area contributed by atoms with Crippen LogP contribution in [0.5, 0.6) is 0 Å². The summed E-state index contributed by atoms with van der Waals surface area (Å²) in [7, 11) is 1.59. The average molecular weight is 241 g/mol. The summed E-state index contributed by atoms with van der Waals surface area (Å²) in [6, 6.07) is 0. The normalized spacial score (nSPS) is 16.0. The number of rotatable bonds is 7. The number of nitrogens with two attached hydrogens (primary N) is 1. The number of phosphoric ester groups is 1. The van der Waals surface area contributed by atoms with E-state index in [4.69, 9.17) is 10.6 Å². The lowest BCUT2D eigenvalue weighted by Crippen LogP contribution is -2.37. The van der Waals surface area contributed by atoms with Crippen molar-refractivity contribution in [1.29, 1.82) is 0 Å². The summed E-state index contributed by atoms with van der Waals surface area (Å²) in [4.78, 5) is 19.3. The number of nitrogens with zero attached hydrogens (tertiary/aromatic N) is 1. The summed E-state index contributed by atoms with van der Waals surface area (Å²) < 4.78 is 20.6. The van der Waals surface area contributed by atoms with Crippen LogP contribution in [0.1, 0.15) is 0 Å². The SMILES string of the molecule is C[N+](C)(C)CCOP(=O)(O)OCC(N)=O. The molecule has 1 atom stereocenters. The van der Waals surface area contributed by atoms with Crippen molar-refractivity contribution in [1.82, 2.24) is 0 Å². The van der Waals surface area contributed by atoms with E-state index in [2.05, 4.69) is 9.05 Å². The Hall–Kier alpha value is -0.460. The maximum atomic E-state index is 11.1. The van der Waals surface area contributed by atoms with Gasteiger partial charge in [-0.15, -0.1) is 0 Å². The van der Waals surface area contributed by atoms with Gasteiger partial charge < -0.3 is 15.1 Å². The molecule has 0 aromatic carbocycles. The molecule has 0 bridgehead atoms. The van der Waals surface area contributed by atoms with Crippen LogP contribution in [0.2, 0.25) is 0 Å². The number of carbonyl (C=O) groups is 1. The van der Waals surface area contributed by atoms with Gasteiger partial charge >= 0.3 is 7.82 Å². The van der Waals surface area contributed by atoms with Crippen molar-refractivity contribution in [3.8, 4) is 0 Å². The van der Waals surface area contributed by atoms with Crippen LogP contribution in [0.15, 0.2) is 0 Å². The molecule has 0 rings (SSSR count). The minimum Gasteiger partial charge on any atom is -0.368 e. The van der Waals surface area contributed by atoms with Gasteiger partial charge in [-0.1, -0.05) is 0 Å². The predicted molar refractivity (Wildman–Crippen MR) is 53.8 cm³/mol. The van der Waals surface area contributed by atoms with Gasteiger partial charge in [0, 0.05) is 0 Å². The number of hydrogen-bond donors (Lipinski definition) is 2. The summed E-state index contributed by atoms with van der Waals surface area (Å²) in [6.45, 7) is -0.0152. The number of quaternary nitrogens is 1. The van der Waals surface area contributed by atoms with E-state index >= 15 is 0 Å². The van der Waals surface area contributed by atoms with Gasteiger partial charge in [0.05, 0.1) is 21.1 Å². The highest BCUT2D eigenvalue weighted by atomic mass is 31.2. The van der Waals surface area contributed by atoms with Crippen LogP contribution in [-0.4, -0.2) is 56.2 Å². The van der Waals surface area contributed by atoms with E-state index in [9.17, 15) is 9.36 Å². The lowest BCUT2D eigenvalue weighted by atomic mass is 10.5. The zero-order valence-electron chi connectivity index (χ0n) is 9.17.